The fourth-order valence-corrected chi connectivity index (χ4v) is 1.86. The van der Waals surface area contributed by atoms with Crippen LogP contribution >= 0.6 is 0 Å². The maximum absolute atomic E-state index is 5.83. The van der Waals surface area contributed by atoms with Gasteiger partial charge in [0.2, 0.25) is 11.8 Å². The Kier molecular flexibility index (Phi) is 2.52. The summed E-state index contributed by atoms with van der Waals surface area (Å²) in [5.41, 5.74) is 6.82. The number of nitrogens with one attached hydrogen (secondary N) is 1. The molecule has 0 spiro atoms. The minimum absolute atomic E-state index is 0.115. The first-order valence-electron chi connectivity index (χ1n) is 5.54. The van der Waals surface area contributed by atoms with Crippen LogP contribution in [-0.4, -0.2) is 39.3 Å². The number of ether oxygens (including phenoxy) is 2. The lowest BCUT2D eigenvalue weighted by Crippen LogP contribution is -2.26. The Labute approximate surface area is 97.4 Å². The average molecular weight is 235 g/mol. The molecule has 1 aliphatic heterocycles. The topological polar surface area (TPSA) is 98.9 Å². The SMILES string of the molecule is Nc1nc(OC2CCOCC2)c2[nH]cnc2n1. The van der Waals surface area contributed by atoms with E-state index in [2.05, 4.69) is 19.9 Å². The van der Waals surface area contributed by atoms with Crippen LogP contribution in [0.5, 0.6) is 5.88 Å². The van der Waals surface area contributed by atoms with E-state index in [9.17, 15) is 0 Å². The predicted molar refractivity (Wildman–Crippen MR) is 60.6 cm³/mol. The van der Waals surface area contributed by atoms with Crippen LogP contribution < -0.4 is 10.5 Å². The van der Waals surface area contributed by atoms with Crippen LogP contribution in [-0.2, 0) is 4.74 Å². The molecule has 0 saturated carbocycles. The molecule has 3 N–H and O–H groups in total. The number of H-pyrrole nitrogens is 1. The van der Waals surface area contributed by atoms with Crippen molar-refractivity contribution in [1.82, 2.24) is 19.9 Å². The predicted octanol–water partition coefficient (Wildman–Crippen LogP) is 0.493. The fraction of sp³-hybridized carbons (Fsp3) is 0.500. The second-order valence-electron chi connectivity index (χ2n) is 3.92. The molecular formula is C10H13N5O2. The average Bonchev–Trinajstić information content (AvgIpc) is 2.78. The van der Waals surface area contributed by atoms with Gasteiger partial charge >= 0.3 is 0 Å². The van der Waals surface area contributed by atoms with E-state index in [0.29, 0.717) is 17.0 Å². The summed E-state index contributed by atoms with van der Waals surface area (Å²) in [6.45, 7) is 1.44. The summed E-state index contributed by atoms with van der Waals surface area (Å²) < 4.78 is 11.1. The van der Waals surface area contributed by atoms with Gasteiger partial charge in [0, 0.05) is 12.8 Å². The minimum atomic E-state index is 0.115. The highest BCUT2D eigenvalue weighted by molar-refractivity contribution is 5.76. The van der Waals surface area contributed by atoms with Gasteiger partial charge in [0.1, 0.15) is 11.6 Å². The quantitative estimate of drug-likeness (QED) is 0.786. The van der Waals surface area contributed by atoms with Crippen LogP contribution in [0.3, 0.4) is 0 Å². The Bertz CT molecular complexity index is 520. The van der Waals surface area contributed by atoms with E-state index in [-0.39, 0.29) is 12.1 Å². The zero-order valence-corrected chi connectivity index (χ0v) is 9.22. The largest absolute Gasteiger partial charge is 0.473 e. The van der Waals surface area contributed by atoms with Crippen LogP contribution in [0.15, 0.2) is 6.33 Å². The lowest BCUT2D eigenvalue weighted by molar-refractivity contribution is 0.0244. The molecule has 0 aromatic carbocycles. The van der Waals surface area contributed by atoms with Crippen molar-refractivity contribution in [2.24, 2.45) is 0 Å². The molecule has 2 aromatic rings. The van der Waals surface area contributed by atoms with Crippen molar-refractivity contribution >= 4 is 17.1 Å². The Morgan fingerprint density at radius 3 is 3.00 bits per heavy atom. The number of nitrogen functional groups attached to an aromatic ring is 1. The van der Waals surface area contributed by atoms with Gasteiger partial charge in [-0.15, -0.1) is 0 Å². The van der Waals surface area contributed by atoms with E-state index in [4.69, 9.17) is 15.2 Å². The Balaban J connectivity index is 1.90. The third-order valence-corrected chi connectivity index (χ3v) is 2.72. The molecule has 17 heavy (non-hydrogen) atoms. The number of anilines is 1. The molecule has 0 aliphatic carbocycles. The third kappa shape index (κ3) is 2.01. The molecule has 2 aromatic heterocycles. The molecule has 7 nitrogen and oxygen atoms in total. The van der Waals surface area contributed by atoms with Crippen molar-refractivity contribution in [1.29, 1.82) is 0 Å². The minimum Gasteiger partial charge on any atom is -0.473 e. The summed E-state index contributed by atoms with van der Waals surface area (Å²) in [6.07, 6.45) is 3.39. The van der Waals surface area contributed by atoms with Crippen LogP contribution in [0.1, 0.15) is 12.8 Å². The molecule has 1 aliphatic rings. The van der Waals surface area contributed by atoms with E-state index in [0.717, 1.165) is 26.1 Å². The zero-order chi connectivity index (χ0) is 11.7. The van der Waals surface area contributed by atoms with Gasteiger partial charge in [0.25, 0.3) is 0 Å². The Morgan fingerprint density at radius 2 is 2.18 bits per heavy atom. The summed E-state index contributed by atoms with van der Waals surface area (Å²) in [5, 5.41) is 0. The summed E-state index contributed by atoms with van der Waals surface area (Å²) in [6, 6.07) is 0. The zero-order valence-electron chi connectivity index (χ0n) is 9.22. The van der Waals surface area contributed by atoms with Gasteiger partial charge in [0.15, 0.2) is 5.65 Å². The first-order chi connectivity index (χ1) is 8.33. The van der Waals surface area contributed by atoms with Crippen LogP contribution in [0.25, 0.3) is 11.2 Å². The molecule has 0 bridgehead atoms. The summed E-state index contributed by atoms with van der Waals surface area (Å²) in [7, 11) is 0. The number of fused-ring (bicyclic) bond motifs is 1. The number of aromatic nitrogens is 4. The van der Waals surface area contributed by atoms with Crippen molar-refractivity contribution in [2.75, 3.05) is 18.9 Å². The molecule has 7 heteroatoms. The second-order valence-corrected chi connectivity index (χ2v) is 3.92. The standard InChI is InChI=1S/C10H13N5O2/c11-10-14-8-7(12-5-13-8)9(15-10)17-6-1-3-16-4-2-6/h5-6H,1-4H2,(H3,11,12,13,14,15). The smallest absolute Gasteiger partial charge is 0.245 e. The molecule has 3 heterocycles. The van der Waals surface area contributed by atoms with Gasteiger partial charge in [-0.2, -0.15) is 9.97 Å². The highest BCUT2D eigenvalue weighted by atomic mass is 16.5. The lowest BCUT2D eigenvalue weighted by Gasteiger charge is -2.22. The second kappa shape index (κ2) is 4.17. The first-order valence-corrected chi connectivity index (χ1v) is 5.54. The number of nitrogens with zero attached hydrogens (tertiary/aromatic N) is 3. The molecule has 1 saturated heterocycles. The lowest BCUT2D eigenvalue weighted by atomic mass is 10.1. The van der Waals surface area contributed by atoms with E-state index in [1.54, 1.807) is 6.33 Å². The first kappa shape index (κ1) is 10.3. The van der Waals surface area contributed by atoms with Gasteiger partial charge in [0.05, 0.1) is 19.5 Å². The molecule has 90 valence electrons. The molecule has 0 radical (unpaired) electrons. The van der Waals surface area contributed by atoms with Crippen LogP contribution in [0.2, 0.25) is 0 Å². The third-order valence-electron chi connectivity index (χ3n) is 2.72. The van der Waals surface area contributed by atoms with Gasteiger partial charge in [-0.1, -0.05) is 0 Å². The molecule has 0 atom stereocenters. The van der Waals surface area contributed by atoms with E-state index < -0.39 is 0 Å². The maximum atomic E-state index is 5.83. The number of hydrogen-bond donors (Lipinski definition) is 2. The molecule has 0 unspecified atom stereocenters. The normalized spacial score (nSPS) is 17.4. The number of hydrogen-bond acceptors (Lipinski definition) is 6. The number of imidazole rings is 1. The van der Waals surface area contributed by atoms with E-state index in [1.807, 2.05) is 0 Å². The van der Waals surface area contributed by atoms with Gasteiger partial charge in [-0.25, -0.2) is 4.98 Å². The fourth-order valence-electron chi connectivity index (χ4n) is 1.86. The molecular weight excluding hydrogens is 222 g/mol. The molecule has 0 amide bonds. The van der Waals surface area contributed by atoms with E-state index >= 15 is 0 Å². The van der Waals surface area contributed by atoms with Crippen molar-refractivity contribution in [3.63, 3.8) is 0 Å². The van der Waals surface area contributed by atoms with Crippen molar-refractivity contribution in [2.45, 2.75) is 18.9 Å². The number of rotatable bonds is 2. The van der Waals surface area contributed by atoms with Crippen LogP contribution in [0, 0.1) is 0 Å². The summed E-state index contributed by atoms with van der Waals surface area (Å²) in [4.78, 5) is 15.1. The highest BCUT2D eigenvalue weighted by Gasteiger charge is 2.18. The number of nitrogens with two attached hydrogens (primary N) is 1. The van der Waals surface area contributed by atoms with Crippen molar-refractivity contribution in [3.05, 3.63) is 6.33 Å². The van der Waals surface area contributed by atoms with E-state index in [1.165, 1.54) is 0 Å². The van der Waals surface area contributed by atoms with Crippen LogP contribution in [0.4, 0.5) is 5.95 Å². The van der Waals surface area contributed by atoms with Crippen molar-refractivity contribution < 1.29 is 9.47 Å². The Hall–Kier alpha value is -1.89. The molecule has 1 fully saturated rings. The monoisotopic (exact) mass is 235 g/mol. The molecule has 3 rings (SSSR count). The van der Waals surface area contributed by atoms with Gasteiger partial charge in [-0.3, -0.25) is 0 Å². The summed E-state index contributed by atoms with van der Waals surface area (Å²) in [5.74, 6) is 0.642. The van der Waals surface area contributed by atoms with Crippen molar-refractivity contribution in [3.8, 4) is 5.88 Å². The summed E-state index contributed by atoms with van der Waals surface area (Å²) >= 11 is 0. The number of aromatic amines is 1. The highest BCUT2D eigenvalue weighted by Crippen LogP contribution is 2.23. The Morgan fingerprint density at radius 1 is 1.35 bits per heavy atom. The van der Waals surface area contributed by atoms with Gasteiger partial charge in [-0.05, 0) is 0 Å². The maximum Gasteiger partial charge on any atom is 0.245 e. The van der Waals surface area contributed by atoms with Gasteiger partial charge < -0.3 is 20.2 Å².